The van der Waals surface area contributed by atoms with E-state index in [2.05, 4.69) is 10.4 Å². The van der Waals surface area contributed by atoms with Gasteiger partial charge in [-0.1, -0.05) is 6.92 Å². The number of carbonyl (C=O) groups is 1. The maximum atomic E-state index is 12.1. The molecule has 1 unspecified atom stereocenters. The number of aliphatic hydroxyl groups excluding tert-OH is 1. The predicted octanol–water partition coefficient (Wildman–Crippen LogP) is 0.110. The van der Waals surface area contributed by atoms with E-state index in [1.54, 1.807) is 25.0 Å². The molecule has 1 aromatic heterocycles. The third-order valence-corrected chi connectivity index (χ3v) is 2.67. The second kappa shape index (κ2) is 7.13. The molecule has 0 aliphatic rings. The van der Waals surface area contributed by atoms with Crippen LogP contribution in [0.15, 0.2) is 6.20 Å². The zero-order chi connectivity index (χ0) is 13.5. The predicted molar refractivity (Wildman–Crippen MR) is 67.4 cm³/mol. The summed E-state index contributed by atoms with van der Waals surface area (Å²) < 4.78 is 6.64. The Kier molecular flexibility index (Phi) is 5.80. The van der Waals surface area contributed by atoms with Crippen molar-refractivity contribution in [3.63, 3.8) is 0 Å². The summed E-state index contributed by atoms with van der Waals surface area (Å²) in [5.41, 5.74) is 1.36. The minimum Gasteiger partial charge on any atom is -0.396 e. The van der Waals surface area contributed by atoms with Gasteiger partial charge in [-0.25, -0.2) is 0 Å². The number of hydrogen-bond donors (Lipinski definition) is 2. The summed E-state index contributed by atoms with van der Waals surface area (Å²) in [4.78, 5) is 12.1. The molecule has 0 aromatic carbocycles. The molecule has 0 radical (unpaired) electrons. The fraction of sp³-hybridized carbons (Fsp3) is 0.667. The van der Waals surface area contributed by atoms with Crippen molar-refractivity contribution in [3.8, 4) is 0 Å². The van der Waals surface area contributed by atoms with Crippen LogP contribution in [-0.2, 0) is 18.2 Å². The Morgan fingerprint density at radius 1 is 1.67 bits per heavy atom. The lowest BCUT2D eigenvalue weighted by molar-refractivity contribution is 0.0878. The standard InChI is InChI=1S/C12H21N3O3/c1-4-11-10(7-15(2)14-11)12(17)13-9(5-6-16)8-18-3/h7,9,16H,4-6,8H2,1-3H3,(H,13,17). The van der Waals surface area contributed by atoms with Crippen LogP contribution in [0, 0.1) is 0 Å². The van der Waals surface area contributed by atoms with E-state index in [0.717, 1.165) is 5.69 Å². The van der Waals surface area contributed by atoms with Crippen LogP contribution in [0.25, 0.3) is 0 Å². The lowest BCUT2D eigenvalue weighted by Gasteiger charge is -2.16. The maximum Gasteiger partial charge on any atom is 0.255 e. The second-order valence-electron chi connectivity index (χ2n) is 4.15. The average Bonchev–Trinajstić information content (AvgIpc) is 2.71. The van der Waals surface area contributed by atoms with E-state index >= 15 is 0 Å². The number of rotatable bonds is 7. The van der Waals surface area contributed by atoms with Gasteiger partial charge in [0.05, 0.1) is 23.9 Å². The van der Waals surface area contributed by atoms with E-state index in [1.807, 2.05) is 6.92 Å². The van der Waals surface area contributed by atoms with E-state index in [4.69, 9.17) is 9.84 Å². The van der Waals surface area contributed by atoms with Crippen molar-refractivity contribution < 1.29 is 14.6 Å². The quantitative estimate of drug-likeness (QED) is 0.725. The molecule has 1 atom stereocenters. The van der Waals surface area contributed by atoms with Crippen molar-refractivity contribution >= 4 is 5.91 Å². The molecule has 1 heterocycles. The number of aliphatic hydroxyl groups is 1. The Morgan fingerprint density at radius 3 is 2.94 bits per heavy atom. The normalized spacial score (nSPS) is 12.4. The number of hydrogen-bond acceptors (Lipinski definition) is 4. The smallest absolute Gasteiger partial charge is 0.255 e. The highest BCUT2D eigenvalue weighted by Gasteiger charge is 2.18. The monoisotopic (exact) mass is 255 g/mol. The molecule has 1 aromatic rings. The summed E-state index contributed by atoms with van der Waals surface area (Å²) in [6.07, 6.45) is 2.89. The molecule has 0 saturated heterocycles. The largest absolute Gasteiger partial charge is 0.396 e. The van der Waals surface area contributed by atoms with E-state index in [9.17, 15) is 4.79 Å². The van der Waals surface area contributed by atoms with Crippen molar-refractivity contribution in [1.29, 1.82) is 0 Å². The summed E-state index contributed by atoms with van der Waals surface area (Å²) in [6.45, 7) is 2.36. The molecule has 2 N–H and O–H groups in total. The van der Waals surface area contributed by atoms with Crippen LogP contribution in [0.2, 0.25) is 0 Å². The molecular formula is C12H21N3O3. The molecule has 18 heavy (non-hydrogen) atoms. The Bertz CT molecular complexity index is 384. The van der Waals surface area contributed by atoms with Gasteiger partial charge in [0.2, 0.25) is 0 Å². The van der Waals surface area contributed by atoms with Crippen molar-refractivity contribution in [1.82, 2.24) is 15.1 Å². The van der Waals surface area contributed by atoms with Gasteiger partial charge in [0, 0.05) is 27.0 Å². The molecule has 0 spiro atoms. The Balaban J connectivity index is 2.73. The van der Waals surface area contributed by atoms with Crippen LogP contribution in [-0.4, -0.2) is 47.2 Å². The summed E-state index contributed by atoms with van der Waals surface area (Å²) in [7, 11) is 3.36. The average molecular weight is 255 g/mol. The van der Waals surface area contributed by atoms with E-state index in [1.165, 1.54) is 0 Å². The van der Waals surface area contributed by atoms with Crippen molar-refractivity contribution in [2.24, 2.45) is 7.05 Å². The van der Waals surface area contributed by atoms with Gasteiger partial charge in [0.15, 0.2) is 0 Å². The van der Waals surface area contributed by atoms with Gasteiger partial charge in [0.25, 0.3) is 5.91 Å². The van der Waals surface area contributed by atoms with Crippen LogP contribution in [0.1, 0.15) is 29.4 Å². The van der Waals surface area contributed by atoms with Crippen LogP contribution < -0.4 is 5.32 Å². The second-order valence-corrected chi connectivity index (χ2v) is 4.15. The van der Waals surface area contributed by atoms with E-state index in [0.29, 0.717) is 25.0 Å². The summed E-state index contributed by atoms with van der Waals surface area (Å²) in [5, 5.41) is 16.0. The third kappa shape index (κ3) is 3.82. The van der Waals surface area contributed by atoms with Gasteiger partial charge in [-0.05, 0) is 12.8 Å². The van der Waals surface area contributed by atoms with Gasteiger partial charge in [-0.15, -0.1) is 0 Å². The molecule has 102 valence electrons. The summed E-state index contributed by atoms with van der Waals surface area (Å²) in [5.74, 6) is -0.171. The van der Waals surface area contributed by atoms with E-state index < -0.39 is 0 Å². The van der Waals surface area contributed by atoms with Crippen molar-refractivity contribution in [2.75, 3.05) is 20.3 Å². The first-order chi connectivity index (χ1) is 8.62. The van der Waals surface area contributed by atoms with Gasteiger partial charge in [-0.3, -0.25) is 9.48 Å². The first-order valence-electron chi connectivity index (χ1n) is 6.05. The molecule has 0 aliphatic heterocycles. The minimum atomic E-state index is -0.183. The molecule has 6 nitrogen and oxygen atoms in total. The van der Waals surface area contributed by atoms with Gasteiger partial charge < -0.3 is 15.2 Å². The maximum absolute atomic E-state index is 12.1. The highest BCUT2D eigenvalue weighted by molar-refractivity contribution is 5.95. The molecule has 1 rings (SSSR count). The van der Waals surface area contributed by atoms with Crippen LogP contribution >= 0.6 is 0 Å². The Morgan fingerprint density at radius 2 is 2.39 bits per heavy atom. The molecule has 6 heteroatoms. The first-order valence-corrected chi connectivity index (χ1v) is 6.05. The Labute approximate surface area is 107 Å². The highest BCUT2D eigenvalue weighted by atomic mass is 16.5. The van der Waals surface area contributed by atoms with Crippen LogP contribution in [0.4, 0.5) is 0 Å². The van der Waals surface area contributed by atoms with Crippen LogP contribution in [0.5, 0.6) is 0 Å². The van der Waals surface area contributed by atoms with Crippen LogP contribution in [0.3, 0.4) is 0 Å². The number of amides is 1. The molecular weight excluding hydrogens is 234 g/mol. The fourth-order valence-electron chi connectivity index (χ4n) is 1.80. The van der Waals surface area contributed by atoms with Gasteiger partial charge in [0.1, 0.15) is 0 Å². The number of aromatic nitrogens is 2. The fourth-order valence-corrected chi connectivity index (χ4v) is 1.80. The number of carbonyl (C=O) groups excluding carboxylic acids is 1. The first kappa shape index (κ1) is 14.7. The number of nitrogens with one attached hydrogen (secondary N) is 1. The van der Waals surface area contributed by atoms with Gasteiger partial charge in [-0.2, -0.15) is 5.10 Å². The molecule has 0 saturated carbocycles. The highest BCUT2D eigenvalue weighted by Crippen LogP contribution is 2.07. The topological polar surface area (TPSA) is 76.4 Å². The molecule has 0 fully saturated rings. The number of methoxy groups -OCH3 is 1. The number of nitrogens with zero attached hydrogens (tertiary/aromatic N) is 2. The lowest BCUT2D eigenvalue weighted by Crippen LogP contribution is -2.38. The summed E-state index contributed by atoms with van der Waals surface area (Å²) in [6, 6.07) is -0.183. The molecule has 0 bridgehead atoms. The number of aryl methyl sites for hydroxylation is 2. The Hall–Kier alpha value is -1.40. The lowest BCUT2D eigenvalue weighted by atomic mass is 10.1. The van der Waals surface area contributed by atoms with E-state index in [-0.39, 0.29) is 18.6 Å². The minimum absolute atomic E-state index is 0.0159. The SMILES string of the molecule is CCc1nn(C)cc1C(=O)NC(CCO)COC. The van der Waals surface area contributed by atoms with Crippen molar-refractivity contribution in [3.05, 3.63) is 17.5 Å². The molecule has 0 aliphatic carbocycles. The zero-order valence-corrected chi connectivity index (χ0v) is 11.1. The summed E-state index contributed by atoms with van der Waals surface area (Å²) >= 11 is 0. The zero-order valence-electron chi connectivity index (χ0n) is 11.1. The third-order valence-electron chi connectivity index (χ3n) is 2.67. The molecule has 1 amide bonds. The van der Waals surface area contributed by atoms with Gasteiger partial charge >= 0.3 is 0 Å². The van der Waals surface area contributed by atoms with Crippen molar-refractivity contribution in [2.45, 2.75) is 25.8 Å². The number of ether oxygens (including phenoxy) is 1.